The fourth-order valence-corrected chi connectivity index (χ4v) is 4.94. The van der Waals surface area contributed by atoms with Crippen molar-refractivity contribution in [2.24, 2.45) is 0 Å². The second-order valence-corrected chi connectivity index (χ2v) is 8.65. The molecule has 1 aromatic heterocycles. The highest BCUT2D eigenvalue weighted by Crippen LogP contribution is 2.35. The molecule has 1 amide bonds. The molecule has 2 fully saturated rings. The van der Waals surface area contributed by atoms with Gasteiger partial charge < -0.3 is 4.90 Å². The molecule has 0 atom stereocenters. The number of aromatic nitrogens is 1. The van der Waals surface area contributed by atoms with Gasteiger partial charge in [0, 0.05) is 30.6 Å². The van der Waals surface area contributed by atoms with Crippen LogP contribution >= 0.6 is 24.0 Å². The van der Waals surface area contributed by atoms with Gasteiger partial charge in [0.25, 0.3) is 5.91 Å². The second-order valence-electron chi connectivity index (χ2n) is 6.97. The van der Waals surface area contributed by atoms with Crippen LogP contribution < -0.4 is 4.90 Å². The van der Waals surface area contributed by atoms with Gasteiger partial charge in [0.15, 0.2) is 0 Å². The zero-order valence-electron chi connectivity index (χ0n) is 15.5. The number of piperidine rings is 1. The minimum absolute atomic E-state index is 0.0182. The van der Waals surface area contributed by atoms with Gasteiger partial charge in [0.05, 0.1) is 10.4 Å². The molecule has 0 bridgehead atoms. The zero-order chi connectivity index (χ0) is 18.8. The predicted octanol–water partition coefficient (Wildman–Crippen LogP) is 4.84. The third-order valence-corrected chi connectivity index (χ3v) is 6.37. The molecule has 4 rings (SSSR count). The van der Waals surface area contributed by atoms with Gasteiger partial charge in [0.1, 0.15) is 10.1 Å². The fourth-order valence-electron chi connectivity index (χ4n) is 3.64. The van der Waals surface area contributed by atoms with Gasteiger partial charge in [-0.25, -0.2) is 4.98 Å². The Balaban J connectivity index is 1.77. The number of hydrogen-bond acceptors (Lipinski definition) is 5. The number of pyridine rings is 1. The van der Waals surface area contributed by atoms with Crippen molar-refractivity contribution >= 4 is 57.0 Å². The number of amides is 1. The molecule has 0 unspecified atom stereocenters. The first kappa shape index (κ1) is 18.4. The lowest BCUT2D eigenvalue weighted by Crippen LogP contribution is -2.31. The molecule has 2 aromatic rings. The molecular formula is C21H23N3OS2. The lowest BCUT2D eigenvalue weighted by Gasteiger charge is -2.29. The van der Waals surface area contributed by atoms with Crippen molar-refractivity contribution in [1.29, 1.82) is 0 Å². The van der Waals surface area contributed by atoms with Crippen LogP contribution in [-0.4, -0.2) is 39.7 Å². The number of thiocarbonyl (C=S) groups is 1. The van der Waals surface area contributed by atoms with Crippen molar-refractivity contribution in [2.45, 2.75) is 32.6 Å². The number of para-hydroxylation sites is 1. The maximum absolute atomic E-state index is 12.8. The van der Waals surface area contributed by atoms with Gasteiger partial charge in [-0.1, -0.05) is 49.1 Å². The minimum atomic E-state index is 0.0182. The molecule has 140 valence electrons. The Labute approximate surface area is 169 Å². The van der Waals surface area contributed by atoms with Gasteiger partial charge in [-0.05, 0) is 43.9 Å². The normalized spacial score (nSPS) is 19.5. The van der Waals surface area contributed by atoms with E-state index in [9.17, 15) is 4.79 Å². The third-order valence-electron chi connectivity index (χ3n) is 5.00. The van der Waals surface area contributed by atoms with Crippen LogP contribution in [0.4, 0.5) is 5.82 Å². The molecule has 0 aliphatic carbocycles. The summed E-state index contributed by atoms with van der Waals surface area (Å²) in [6.07, 6.45) is 6.53. The highest BCUT2D eigenvalue weighted by atomic mass is 32.2. The van der Waals surface area contributed by atoms with Gasteiger partial charge in [-0.2, -0.15) is 0 Å². The van der Waals surface area contributed by atoms with E-state index in [2.05, 4.69) is 24.0 Å². The number of hydrogen-bond donors (Lipinski definition) is 0. The third kappa shape index (κ3) is 3.73. The van der Waals surface area contributed by atoms with Crippen LogP contribution in [0.1, 0.15) is 38.2 Å². The van der Waals surface area contributed by atoms with Crippen LogP contribution in [0, 0.1) is 0 Å². The molecule has 2 saturated heterocycles. The molecule has 6 heteroatoms. The molecule has 0 radical (unpaired) electrons. The quantitative estimate of drug-likeness (QED) is 0.545. The molecule has 4 nitrogen and oxygen atoms in total. The fraction of sp³-hybridized carbons (Fsp3) is 0.381. The Bertz CT molecular complexity index is 919. The van der Waals surface area contributed by atoms with Crippen molar-refractivity contribution in [3.63, 3.8) is 0 Å². The lowest BCUT2D eigenvalue weighted by atomic mass is 10.1. The van der Waals surface area contributed by atoms with E-state index in [1.54, 1.807) is 4.90 Å². The number of carbonyl (C=O) groups excluding carboxylic acids is 1. The summed E-state index contributed by atoms with van der Waals surface area (Å²) in [5.41, 5.74) is 2.00. The molecule has 0 N–H and O–H groups in total. The number of benzene rings is 1. The number of rotatable bonds is 4. The molecule has 27 heavy (non-hydrogen) atoms. The summed E-state index contributed by atoms with van der Waals surface area (Å²) in [5.74, 6) is 0.999. The van der Waals surface area contributed by atoms with Gasteiger partial charge in [-0.15, -0.1) is 0 Å². The van der Waals surface area contributed by atoms with Crippen LogP contribution in [0.15, 0.2) is 35.2 Å². The number of carbonyl (C=O) groups is 1. The monoisotopic (exact) mass is 397 g/mol. The molecule has 2 aliphatic rings. The minimum Gasteiger partial charge on any atom is -0.356 e. The van der Waals surface area contributed by atoms with Gasteiger partial charge in [-0.3, -0.25) is 9.69 Å². The van der Waals surface area contributed by atoms with Crippen molar-refractivity contribution in [3.05, 3.63) is 40.8 Å². The average molecular weight is 398 g/mol. The van der Waals surface area contributed by atoms with Gasteiger partial charge in [0.2, 0.25) is 0 Å². The molecule has 0 saturated carbocycles. The first-order valence-electron chi connectivity index (χ1n) is 9.57. The summed E-state index contributed by atoms with van der Waals surface area (Å²) < 4.78 is 0.654. The topological polar surface area (TPSA) is 36.4 Å². The highest BCUT2D eigenvalue weighted by Gasteiger charge is 2.31. The van der Waals surface area contributed by atoms with Gasteiger partial charge >= 0.3 is 0 Å². The average Bonchev–Trinajstić information content (AvgIpc) is 2.96. The van der Waals surface area contributed by atoms with Crippen LogP contribution in [0.25, 0.3) is 17.0 Å². The van der Waals surface area contributed by atoms with Crippen molar-refractivity contribution in [3.8, 4) is 0 Å². The Kier molecular flexibility index (Phi) is 5.45. The predicted molar refractivity (Wildman–Crippen MR) is 118 cm³/mol. The van der Waals surface area contributed by atoms with Crippen LogP contribution in [0.5, 0.6) is 0 Å². The standard InChI is InChI=1S/C21H23N3OS2/c1-2-10-24-20(25)18(27-21(24)26)14-16-13-15-8-4-5-9-17(15)22-19(16)23-11-6-3-7-12-23/h4-5,8-9,13-14H,2-3,6-7,10-12H2,1H3/b18-14-. The Morgan fingerprint density at radius 2 is 2.00 bits per heavy atom. The lowest BCUT2D eigenvalue weighted by molar-refractivity contribution is -0.122. The summed E-state index contributed by atoms with van der Waals surface area (Å²) in [5, 5.41) is 1.09. The molecule has 1 aromatic carbocycles. The largest absolute Gasteiger partial charge is 0.356 e. The van der Waals surface area contributed by atoms with Crippen LogP contribution in [-0.2, 0) is 4.79 Å². The summed E-state index contributed by atoms with van der Waals surface area (Å²) >= 11 is 6.81. The smallest absolute Gasteiger partial charge is 0.266 e. The van der Waals surface area contributed by atoms with E-state index in [-0.39, 0.29) is 5.91 Å². The van der Waals surface area contributed by atoms with E-state index < -0.39 is 0 Å². The Hall–Kier alpha value is -1.92. The van der Waals surface area contributed by atoms with E-state index >= 15 is 0 Å². The van der Waals surface area contributed by atoms with Crippen molar-refractivity contribution in [2.75, 3.05) is 24.5 Å². The molecule has 0 spiro atoms. The maximum Gasteiger partial charge on any atom is 0.266 e. The first-order chi connectivity index (χ1) is 13.2. The molecule has 3 heterocycles. The van der Waals surface area contributed by atoms with E-state index in [0.717, 1.165) is 41.8 Å². The summed E-state index contributed by atoms with van der Waals surface area (Å²) in [6, 6.07) is 10.3. The SMILES string of the molecule is CCCN1C(=O)/C(=C/c2cc3ccccc3nc2N2CCCCC2)SC1=S. The second kappa shape index (κ2) is 7.98. The van der Waals surface area contributed by atoms with E-state index in [1.807, 2.05) is 24.3 Å². The van der Waals surface area contributed by atoms with E-state index in [4.69, 9.17) is 17.2 Å². The molecule has 2 aliphatic heterocycles. The first-order valence-corrected chi connectivity index (χ1v) is 10.8. The highest BCUT2D eigenvalue weighted by molar-refractivity contribution is 8.26. The van der Waals surface area contributed by atoms with Crippen LogP contribution in [0.3, 0.4) is 0 Å². The Morgan fingerprint density at radius 1 is 1.22 bits per heavy atom. The summed E-state index contributed by atoms with van der Waals surface area (Å²) in [6.45, 7) is 4.77. The van der Waals surface area contributed by atoms with E-state index in [1.165, 1.54) is 31.0 Å². The number of nitrogens with zero attached hydrogens (tertiary/aromatic N) is 3. The zero-order valence-corrected chi connectivity index (χ0v) is 17.1. The Morgan fingerprint density at radius 3 is 2.78 bits per heavy atom. The summed E-state index contributed by atoms with van der Waals surface area (Å²) in [7, 11) is 0. The maximum atomic E-state index is 12.8. The number of thioether (sulfide) groups is 1. The van der Waals surface area contributed by atoms with Crippen LogP contribution in [0.2, 0.25) is 0 Å². The molecular weight excluding hydrogens is 374 g/mol. The van der Waals surface area contributed by atoms with Crippen molar-refractivity contribution in [1.82, 2.24) is 9.88 Å². The number of fused-ring (bicyclic) bond motifs is 1. The van der Waals surface area contributed by atoms with E-state index in [0.29, 0.717) is 15.8 Å². The van der Waals surface area contributed by atoms with Crippen molar-refractivity contribution < 1.29 is 4.79 Å². The summed E-state index contributed by atoms with van der Waals surface area (Å²) in [4.78, 5) is 22.5. The number of anilines is 1.